The maximum Gasteiger partial charge on any atom is 0.225 e. The Morgan fingerprint density at radius 3 is 2.90 bits per heavy atom. The Hall–Kier alpha value is -0.660. The summed E-state index contributed by atoms with van der Waals surface area (Å²) in [6.45, 7) is 4.02. The van der Waals surface area contributed by atoms with E-state index in [4.69, 9.17) is 0 Å². The first-order valence-corrected chi connectivity index (χ1v) is 9.38. The average molecular weight is 326 g/mol. The van der Waals surface area contributed by atoms with Crippen LogP contribution in [0.1, 0.15) is 32.6 Å². The van der Waals surface area contributed by atoms with E-state index in [1.807, 2.05) is 4.90 Å². The molecule has 1 saturated heterocycles. The molecule has 2 heterocycles. The lowest BCUT2D eigenvalue weighted by molar-refractivity contribution is -0.116. The molecular formula is C14H22N4OS2. The summed E-state index contributed by atoms with van der Waals surface area (Å²) in [6, 6.07) is 0.361. The van der Waals surface area contributed by atoms with Gasteiger partial charge in [-0.1, -0.05) is 23.1 Å². The predicted octanol–water partition coefficient (Wildman–Crippen LogP) is 2.49. The zero-order chi connectivity index (χ0) is 14.8. The van der Waals surface area contributed by atoms with Crippen LogP contribution in [0, 0.1) is 5.92 Å². The number of aromatic nitrogens is 2. The summed E-state index contributed by atoms with van der Waals surface area (Å²) in [4.78, 5) is 16.0. The highest BCUT2D eigenvalue weighted by Gasteiger charge is 2.34. The monoisotopic (exact) mass is 326 g/mol. The van der Waals surface area contributed by atoms with E-state index in [9.17, 15) is 4.79 Å². The van der Waals surface area contributed by atoms with E-state index in [1.165, 1.54) is 25.9 Å². The molecule has 2 aliphatic rings. The first-order chi connectivity index (χ1) is 10.1. The third-order valence-corrected chi connectivity index (χ3v) is 6.31. The molecule has 21 heavy (non-hydrogen) atoms. The van der Waals surface area contributed by atoms with Crippen molar-refractivity contribution in [3.8, 4) is 0 Å². The van der Waals surface area contributed by atoms with E-state index in [-0.39, 0.29) is 5.91 Å². The predicted molar refractivity (Wildman–Crippen MR) is 87.0 cm³/mol. The highest BCUT2D eigenvalue weighted by Crippen LogP contribution is 2.36. The van der Waals surface area contributed by atoms with Crippen molar-refractivity contribution in [3.05, 3.63) is 0 Å². The summed E-state index contributed by atoms with van der Waals surface area (Å²) < 4.78 is 0.991. The Labute approximate surface area is 134 Å². The van der Waals surface area contributed by atoms with Crippen LogP contribution in [0.15, 0.2) is 4.34 Å². The van der Waals surface area contributed by atoms with Gasteiger partial charge in [-0.15, -0.1) is 10.2 Å². The number of carbonyl (C=O) groups excluding carboxylic acids is 1. The summed E-state index contributed by atoms with van der Waals surface area (Å²) in [5.41, 5.74) is 0. The SMILES string of the molecule is CC(=O)N(c1nnc(SCC2CCCN(C)C2)s1)C1CC1. The van der Waals surface area contributed by atoms with Crippen molar-refractivity contribution >= 4 is 34.1 Å². The first kappa shape index (κ1) is 15.2. The highest BCUT2D eigenvalue weighted by molar-refractivity contribution is 8.01. The second-order valence-corrected chi connectivity index (χ2v) is 8.28. The number of rotatable bonds is 5. The minimum atomic E-state index is 0.0825. The summed E-state index contributed by atoms with van der Waals surface area (Å²) in [6.07, 6.45) is 4.79. The summed E-state index contributed by atoms with van der Waals surface area (Å²) in [5.74, 6) is 1.93. The Balaban J connectivity index is 1.56. The second-order valence-electron chi connectivity index (χ2n) is 6.05. The van der Waals surface area contributed by atoms with E-state index >= 15 is 0 Å². The molecule has 0 aromatic carbocycles. The third kappa shape index (κ3) is 3.96. The first-order valence-electron chi connectivity index (χ1n) is 7.58. The van der Waals surface area contributed by atoms with Crippen LogP contribution in [0.5, 0.6) is 0 Å². The molecular weight excluding hydrogens is 304 g/mol. The molecule has 116 valence electrons. The molecule has 1 aromatic rings. The van der Waals surface area contributed by atoms with Crippen molar-refractivity contribution in [2.75, 3.05) is 30.8 Å². The minimum Gasteiger partial charge on any atom is -0.306 e. The van der Waals surface area contributed by atoms with Crippen molar-refractivity contribution in [1.82, 2.24) is 15.1 Å². The molecule has 0 N–H and O–H groups in total. The van der Waals surface area contributed by atoms with E-state index < -0.39 is 0 Å². The lowest BCUT2D eigenvalue weighted by atomic mass is 10.0. The van der Waals surface area contributed by atoms with Gasteiger partial charge in [0.2, 0.25) is 11.0 Å². The molecule has 1 aliphatic heterocycles. The fraction of sp³-hybridized carbons (Fsp3) is 0.786. The Bertz CT molecular complexity index is 503. The van der Waals surface area contributed by atoms with Gasteiger partial charge in [-0.25, -0.2) is 0 Å². The van der Waals surface area contributed by atoms with Gasteiger partial charge in [-0.2, -0.15) is 0 Å². The number of nitrogens with zero attached hydrogens (tertiary/aromatic N) is 4. The van der Waals surface area contributed by atoms with E-state index in [0.717, 1.165) is 34.0 Å². The number of thioether (sulfide) groups is 1. The van der Waals surface area contributed by atoms with Crippen molar-refractivity contribution < 1.29 is 4.79 Å². The number of piperidine rings is 1. The summed E-state index contributed by atoms with van der Waals surface area (Å²) in [5, 5.41) is 9.25. The maximum absolute atomic E-state index is 11.7. The molecule has 0 bridgehead atoms. The quantitative estimate of drug-likeness (QED) is 0.614. The van der Waals surface area contributed by atoms with Gasteiger partial charge >= 0.3 is 0 Å². The second kappa shape index (κ2) is 6.62. The fourth-order valence-corrected chi connectivity index (χ4v) is 4.95. The van der Waals surface area contributed by atoms with Gasteiger partial charge in [0, 0.05) is 25.3 Å². The van der Waals surface area contributed by atoms with E-state index in [0.29, 0.717) is 6.04 Å². The van der Waals surface area contributed by atoms with Crippen LogP contribution in [0.2, 0.25) is 0 Å². The third-order valence-electron chi connectivity index (χ3n) is 4.02. The van der Waals surface area contributed by atoms with Crippen LogP contribution in [-0.2, 0) is 4.79 Å². The van der Waals surface area contributed by atoms with Gasteiger partial charge in [0.1, 0.15) is 0 Å². The number of likely N-dealkylation sites (tertiary alicyclic amines) is 1. The molecule has 0 spiro atoms. The number of anilines is 1. The standard InChI is InChI=1S/C14H22N4OS2/c1-10(19)18(12-5-6-12)13-15-16-14(21-13)20-9-11-4-3-7-17(2)8-11/h11-12H,3-9H2,1-2H3. The molecule has 0 radical (unpaired) electrons. The molecule has 1 aliphatic carbocycles. The Morgan fingerprint density at radius 1 is 1.43 bits per heavy atom. The lowest BCUT2D eigenvalue weighted by Crippen LogP contribution is -2.33. The van der Waals surface area contributed by atoms with Crippen molar-refractivity contribution in [3.63, 3.8) is 0 Å². The maximum atomic E-state index is 11.7. The molecule has 1 aromatic heterocycles. The largest absolute Gasteiger partial charge is 0.306 e. The number of hydrogen-bond donors (Lipinski definition) is 0. The smallest absolute Gasteiger partial charge is 0.225 e. The minimum absolute atomic E-state index is 0.0825. The fourth-order valence-electron chi connectivity index (χ4n) is 2.84. The molecule has 1 unspecified atom stereocenters. The lowest BCUT2D eigenvalue weighted by Gasteiger charge is -2.29. The summed E-state index contributed by atoms with van der Waals surface area (Å²) >= 11 is 3.35. The number of amides is 1. The zero-order valence-corrected chi connectivity index (χ0v) is 14.3. The van der Waals surface area contributed by atoms with Gasteiger partial charge in [-0.3, -0.25) is 9.69 Å². The highest BCUT2D eigenvalue weighted by atomic mass is 32.2. The van der Waals surface area contributed by atoms with E-state index in [1.54, 1.807) is 30.0 Å². The molecule has 1 amide bonds. The van der Waals surface area contributed by atoms with Crippen LogP contribution in [0.4, 0.5) is 5.13 Å². The number of hydrogen-bond acceptors (Lipinski definition) is 6. The van der Waals surface area contributed by atoms with Crippen molar-refractivity contribution in [2.24, 2.45) is 5.92 Å². The van der Waals surface area contributed by atoms with E-state index in [2.05, 4.69) is 22.1 Å². The van der Waals surface area contributed by atoms with Gasteiger partial charge < -0.3 is 4.90 Å². The Morgan fingerprint density at radius 2 is 2.24 bits per heavy atom. The van der Waals surface area contributed by atoms with Gasteiger partial charge in [0.05, 0.1) is 0 Å². The van der Waals surface area contributed by atoms with Gasteiger partial charge in [-0.05, 0) is 45.2 Å². The molecule has 1 atom stereocenters. The summed E-state index contributed by atoms with van der Waals surface area (Å²) in [7, 11) is 2.19. The van der Waals surface area contributed by atoms with Gasteiger partial charge in [0.15, 0.2) is 4.34 Å². The van der Waals surface area contributed by atoms with Gasteiger partial charge in [0.25, 0.3) is 0 Å². The van der Waals surface area contributed by atoms with Crippen LogP contribution >= 0.6 is 23.1 Å². The van der Waals surface area contributed by atoms with Crippen molar-refractivity contribution in [1.29, 1.82) is 0 Å². The molecule has 5 nitrogen and oxygen atoms in total. The normalized spacial score (nSPS) is 23.2. The van der Waals surface area contributed by atoms with Crippen LogP contribution < -0.4 is 4.90 Å². The molecule has 3 rings (SSSR count). The zero-order valence-electron chi connectivity index (χ0n) is 12.6. The molecule has 2 fully saturated rings. The molecule has 7 heteroatoms. The Kier molecular flexibility index (Phi) is 4.81. The van der Waals surface area contributed by atoms with Crippen LogP contribution in [0.3, 0.4) is 0 Å². The van der Waals surface area contributed by atoms with Crippen LogP contribution in [0.25, 0.3) is 0 Å². The van der Waals surface area contributed by atoms with Crippen molar-refractivity contribution in [2.45, 2.75) is 43.0 Å². The molecule has 1 saturated carbocycles. The number of carbonyl (C=O) groups is 1. The van der Waals surface area contributed by atoms with Crippen LogP contribution in [-0.4, -0.2) is 52.9 Å². The topological polar surface area (TPSA) is 49.3 Å². The average Bonchev–Trinajstić information content (AvgIpc) is 3.15.